The summed E-state index contributed by atoms with van der Waals surface area (Å²) in [6.07, 6.45) is 5.44. The molecule has 0 aliphatic heterocycles. The van der Waals surface area contributed by atoms with E-state index in [1.54, 1.807) is 19.1 Å². The van der Waals surface area contributed by atoms with Gasteiger partial charge < -0.3 is 14.8 Å². The lowest BCUT2D eigenvalue weighted by molar-refractivity contribution is -0.384. The first-order valence-corrected chi connectivity index (χ1v) is 8.96. The standard InChI is InChI=1S/C21H18F2N4O4/c1-12-5-4-6-15(27(28)29)20(12)26-21-24-10-13(11-25-21)7-8-14-18(22)16(30-2)9-17(31-3)19(14)23/h4-11H,1-3H3,(H,24,25,26). The first-order valence-electron chi connectivity index (χ1n) is 8.96. The Morgan fingerprint density at radius 1 is 1.06 bits per heavy atom. The van der Waals surface area contributed by atoms with Gasteiger partial charge in [0.2, 0.25) is 5.95 Å². The molecule has 1 heterocycles. The number of nitrogens with zero attached hydrogens (tertiary/aromatic N) is 3. The molecule has 0 spiro atoms. The molecule has 3 rings (SSSR count). The number of nitro benzene ring substituents is 1. The summed E-state index contributed by atoms with van der Waals surface area (Å²) in [5.74, 6) is -1.93. The molecule has 160 valence electrons. The first-order chi connectivity index (χ1) is 14.8. The molecular weight excluding hydrogens is 410 g/mol. The van der Waals surface area contributed by atoms with E-state index in [0.717, 1.165) is 6.07 Å². The first kappa shape index (κ1) is 21.6. The molecule has 0 bridgehead atoms. The zero-order valence-corrected chi connectivity index (χ0v) is 16.8. The third-order valence-corrected chi connectivity index (χ3v) is 4.41. The Morgan fingerprint density at radius 3 is 2.23 bits per heavy atom. The quantitative estimate of drug-likeness (QED) is 0.422. The van der Waals surface area contributed by atoms with Crippen LogP contribution in [-0.4, -0.2) is 29.1 Å². The van der Waals surface area contributed by atoms with E-state index in [-0.39, 0.29) is 34.4 Å². The molecule has 0 amide bonds. The van der Waals surface area contributed by atoms with Crippen molar-refractivity contribution >= 4 is 29.5 Å². The molecule has 0 aliphatic carbocycles. The second-order valence-electron chi connectivity index (χ2n) is 6.35. The van der Waals surface area contributed by atoms with Crippen LogP contribution in [0.4, 0.5) is 26.1 Å². The molecule has 1 aromatic heterocycles. The number of aryl methyl sites for hydroxylation is 1. The molecule has 0 saturated heterocycles. The van der Waals surface area contributed by atoms with Gasteiger partial charge in [-0.3, -0.25) is 10.1 Å². The van der Waals surface area contributed by atoms with Gasteiger partial charge in [-0.2, -0.15) is 0 Å². The minimum atomic E-state index is -0.872. The maximum atomic E-state index is 14.4. The lowest BCUT2D eigenvalue weighted by atomic mass is 10.1. The van der Waals surface area contributed by atoms with Crippen molar-refractivity contribution in [2.75, 3.05) is 19.5 Å². The number of aromatic nitrogens is 2. The van der Waals surface area contributed by atoms with Crippen molar-refractivity contribution in [3.8, 4) is 11.5 Å². The van der Waals surface area contributed by atoms with Gasteiger partial charge in [0.05, 0.1) is 24.7 Å². The second kappa shape index (κ2) is 9.16. The Morgan fingerprint density at radius 2 is 1.68 bits per heavy atom. The van der Waals surface area contributed by atoms with Crippen molar-refractivity contribution in [1.82, 2.24) is 9.97 Å². The third kappa shape index (κ3) is 4.58. The van der Waals surface area contributed by atoms with E-state index >= 15 is 0 Å². The fourth-order valence-electron chi connectivity index (χ4n) is 2.80. The van der Waals surface area contributed by atoms with Crippen LogP contribution in [0.5, 0.6) is 11.5 Å². The molecule has 8 nitrogen and oxygen atoms in total. The Hall–Kier alpha value is -4.08. The van der Waals surface area contributed by atoms with E-state index in [9.17, 15) is 18.9 Å². The predicted octanol–water partition coefficient (Wildman–Crippen LogP) is 4.90. The number of benzene rings is 2. The third-order valence-electron chi connectivity index (χ3n) is 4.41. The minimum absolute atomic E-state index is 0.106. The highest BCUT2D eigenvalue weighted by Crippen LogP contribution is 2.32. The molecule has 0 fully saturated rings. The van der Waals surface area contributed by atoms with E-state index in [0.29, 0.717) is 11.1 Å². The van der Waals surface area contributed by atoms with Crippen LogP contribution in [0.2, 0.25) is 0 Å². The molecule has 31 heavy (non-hydrogen) atoms. The van der Waals surface area contributed by atoms with Gasteiger partial charge in [0.1, 0.15) is 5.69 Å². The second-order valence-corrected chi connectivity index (χ2v) is 6.35. The van der Waals surface area contributed by atoms with Crippen LogP contribution in [-0.2, 0) is 0 Å². The van der Waals surface area contributed by atoms with Crippen LogP contribution in [0.1, 0.15) is 16.7 Å². The summed E-state index contributed by atoms with van der Waals surface area (Å²) < 4.78 is 38.7. The van der Waals surface area contributed by atoms with Crippen molar-refractivity contribution in [1.29, 1.82) is 0 Å². The van der Waals surface area contributed by atoms with Crippen molar-refractivity contribution in [3.63, 3.8) is 0 Å². The summed E-state index contributed by atoms with van der Waals surface area (Å²) in [7, 11) is 2.53. The number of halogens is 2. The van der Waals surface area contributed by atoms with Crippen LogP contribution < -0.4 is 14.8 Å². The van der Waals surface area contributed by atoms with Crippen molar-refractivity contribution in [3.05, 3.63) is 75.1 Å². The molecule has 0 atom stereocenters. The highest BCUT2D eigenvalue weighted by Gasteiger charge is 2.18. The smallest absolute Gasteiger partial charge is 0.293 e. The van der Waals surface area contributed by atoms with Crippen molar-refractivity contribution < 1.29 is 23.2 Å². The zero-order valence-electron chi connectivity index (χ0n) is 16.8. The average molecular weight is 428 g/mol. The van der Waals surface area contributed by atoms with Crippen LogP contribution >= 0.6 is 0 Å². The summed E-state index contributed by atoms with van der Waals surface area (Å²) in [4.78, 5) is 18.9. The molecule has 1 N–H and O–H groups in total. The van der Waals surface area contributed by atoms with Crippen LogP contribution in [0, 0.1) is 28.7 Å². The van der Waals surface area contributed by atoms with E-state index < -0.39 is 16.6 Å². The molecule has 0 saturated carbocycles. The lowest BCUT2D eigenvalue weighted by Gasteiger charge is -2.10. The van der Waals surface area contributed by atoms with Crippen LogP contribution in [0.3, 0.4) is 0 Å². The van der Waals surface area contributed by atoms with E-state index in [1.807, 2.05) is 0 Å². The van der Waals surface area contributed by atoms with E-state index in [1.165, 1.54) is 44.8 Å². The van der Waals surface area contributed by atoms with Crippen LogP contribution in [0.15, 0.2) is 36.7 Å². The van der Waals surface area contributed by atoms with Gasteiger partial charge in [0, 0.05) is 30.1 Å². The van der Waals surface area contributed by atoms with Crippen molar-refractivity contribution in [2.24, 2.45) is 0 Å². The summed E-state index contributed by atoms with van der Waals surface area (Å²) in [5, 5.41) is 14.1. The summed E-state index contributed by atoms with van der Waals surface area (Å²) in [5.41, 5.74) is 0.938. The largest absolute Gasteiger partial charge is 0.494 e. The number of nitro groups is 1. The van der Waals surface area contributed by atoms with E-state index in [2.05, 4.69) is 15.3 Å². The molecule has 0 unspecified atom stereocenters. The Bertz CT molecular complexity index is 1120. The molecular formula is C21H18F2N4O4. The maximum absolute atomic E-state index is 14.4. The monoisotopic (exact) mass is 428 g/mol. The maximum Gasteiger partial charge on any atom is 0.293 e. The van der Waals surface area contributed by atoms with Crippen LogP contribution in [0.25, 0.3) is 12.2 Å². The summed E-state index contributed by atoms with van der Waals surface area (Å²) >= 11 is 0. The Kier molecular flexibility index (Phi) is 6.39. The van der Waals surface area contributed by atoms with Gasteiger partial charge in [0.15, 0.2) is 23.1 Å². The number of para-hydroxylation sites is 1. The Labute approximate surface area is 176 Å². The Balaban J connectivity index is 1.86. The highest BCUT2D eigenvalue weighted by atomic mass is 19.1. The minimum Gasteiger partial charge on any atom is -0.494 e. The number of hydrogen-bond acceptors (Lipinski definition) is 7. The lowest BCUT2D eigenvalue weighted by Crippen LogP contribution is -2.02. The molecule has 0 radical (unpaired) electrons. The van der Waals surface area contributed by atoms with Gasteiger partial charge in [-0.1, -0.05) is 18.2 Å². The number of rotatable bonds is 7. The van der Waals surface area contributed by atoms with Gasteiger partial charge in [-0.05, 0) is 18.6 Å². The number of ether oxygens (including phenoxy) is 2. The average Bonchev–Trinajstić information content (AvgIpc) is 2.76. The fraction of sp³-hybridized carbons (Fsp3) is 0.143. The van der Waals surface area contributed by atoms with Gasteiger partial charge >= 0.3 is 0 Å². The number of anilines is 2. The van der Waals surface area contributed by atoms with Gasteiger partial charge in [-0.25, -0.2) is 18.7 Å². The SMILES string of the molecule is COc1cc(OC)c(F)c(C=Cc2cnc(Nc3c(C)cccc3[N+](=O)[O-])nc2)c1F. The molecule has 10 heteroatoms. The number of nitrogens with one attached hydrogen (secondary N) is 1. The molecule has 2 aromatic carbocycles. The van der Waals surface area contributed by atoms with Gasteiger partial charge in [-0.15, -0.1) is 0 Å². The fourth-order valence-corrected chi connectivity index (χ4v) is 2.80. The van der Waals surface area contributed by atoms with Crippen molar-refractivity contribution in [2.45, 2.75) is 6.92 Å². The van der Waals surface area contributed by atoms with Gasteiger partial charge in [0.25, 0.3) is 5.69 Å². The number of methoxy groups -OCH3 is 2. The molecule has 0 aliphatic rings. The normalized spacial score (nSPS) is 10.9. The topological polar surface area (TPSA) is 99.4 Å². The zero-order chi connectivity index (χ0) is 22.5. The highest BCUT2D eigenvalue weighted by molar-refractivity contribution is 5.73. The van der Waals surface area contributed by atoms with E-state index in [4.69, 9.17) is 9.47 Å². The predicted molar refractivity (Wildman–Crippen MR) is 112 cm³/mol. The molecule has 3 aromatic rings. The summed E-state index contributed by atoms with van der Waals surface area (Å²) in [6, 6.07) is 5.80. The summed E-state index contributed by atoms with van der Waals surface area (Å²) in [6.45, 7) is 1.72. The number of hydrogen-bond donors (Lipinski definition) is 1.